The van der Waals surface area contributed by atoms with E-state index in [0.29, 0.717) is 17.2 Å². The molecule has 138 valence electrons. The van der Waals surface area contributed by atoms with Gasteiger partial charge in [-0.25, -0.2) is 4.79 Å². The van der Waals surface area contributed by atoms with Crippen LogP contribution >= 0.6 is 0 Å². The topological polar surface area (TPSA) is 97.7 Å². The second-order valence-electron chi connectivity index (χ2n) is 5.21. The SMILES string of the molecule is COc1ccccc1NC(=O)COC(=O)/C=C/c1ccc(OCC#N)cc1. The van der Waals surface area contributed by atoms with Crippen LogP contribution in [0.25, 0.3) is 6.08 Å². The minimum Gasteiger partial charge on any atom is -0.495 e. The summed E-state index contributed by atoms with van der Waals surface area (Å²) in [6, 6.07) is 15.6. The van der Waals surface area contributed by atoms with E-state index in [1.165, 1.54) is 13.2 Å². The van der Waals surface area contributed by atoms with Crippen molar-refractivity contribution in [2.24, 2.45) is 0 Å². The molecule has 0 aromatic heterocycles. The Morgan fingerprint density at radius 3 is 2.59 bits per heavy atom. The summed E-state index contributed by atoms with van der Waals surface area (Å²) in [5, 5.41) is 11.1. The third-order valence-electron chi connectivity index (χ3n) is 3.32. The number of amides is 1. The van der Waals surface area contributed by atoms with Crippen LogP contribution < -0.4 is 14.8 Å². The fraction of sp³-hybridized carbons (Fsp3) is 0.150. The highest BCUT2D eigenvalue weighted by Crippen LogP contribution is 2.22. The molecule has 0 atom stereocenters. The molecular formula is C20H18N2O5. The summed E-state index contributed by atoms with van der Waals surface area (Å²) in [6.45, 7) is -0.444. The van der Waals surface area contributed by atoms with E-state index in [4.69, 9.17) is 19.5 Å². The monoisotopic (exact) mass is 366 g/mol. The number of nitrogens with one attached hydrogen (secondary N) is 1. The number of ether oxygens (including phenoxy) is 3. The number of carbonyl (C=O) groups is 2. The van der Waals surface area contributed by atoms with Crippen molar-refractivity contribution < 1.29 is 23.8 Å². The molecule has 27 heavy (non-hydrogen) atoms. The average Bonchev–Trinajstić information content (AvgIpc) is 2.70. The zero-order chi connectivity index (χ0) is 19.5. The number of hydrogen-bond donors (Lipinski definition) is 1. The van der Waals surface area contributed by atoms with Gasteiger partial charge in [0.1, 0.15) is 17.6 Å². The van der Waals surface area contributed by atoms with Gasteiger partial charge >= 0.3 is 5.97 Å². The zero-order valence-electron chi connectivity index (χ0n) is 14.7. The highest BCUT2D eigenvalue weighted by atomic mass is 16.5. The van der Waals surface area contributed by atoms with E-state index < -0.39 is 18.5 Å². The molecule has 0 aliphatic heterocycles. The zero-order valence-corrected chi connectivity index (χ0v) is 14.7. The first-order chi connectivity index (χ1) is 13.1. The van der Waals surface area contributed by atoms with E-state index in [2.05, 4.69) is 5.32 Å². The van der Waals surface area contributed by atoms with Crippen molar-refractivity contribution in [3.8, 4) is 17.6 Å². The van der Waals surface area contributed by atoms with Crippen LogP contribution in [0.1, 0.15) is 5.56 Å². The minimum atomic E-state index is -0.644. The van der Waals surface area contributed by atoms with Crippen LogP contribution in [-0.2, 0) is 14.3 Å². The number of esters is 1. The molecule has 0 aliphatic rings. The lowest BCUT2D eigenvalue weighted by Crippen LogP contribution is -2.20. The van der Waals surface area contributed by atoms with Crippen LogP contribution in [0.3, 0.4) is 0 Å². The Kier molecular flexibility index (Phi) is 7.42. The first-order valence-corrected chi connectivity index (χ1v) is 8.00. The quantitative estimate of drug-likeness (QED) is 0.570. The van der Waals surface area contributed by atoms with Crippen LogP contribution in [0.2, 0.25) is 0 Å². The molecule has 2 aromatic rings. The van der Waals surface area contributed by atoms with Crippen LogP contribution in [0, 0.1) is 11.3 Å². The summed E-state index contributed by atoms with van der Waals surface area (Å²) >= 11 is 0. The summed E-state index contributed by atoms with van der Waals surface area (Å²) in [5.74, 6) is -0.0428. The smallest absolute Gasteiger partial charge is 0.331 e. The summed E-state index contributed by atoms with van der Waals surface area (Å²) in [4.78, 5) is 23.6. The van der Waals surface area contributed by atoms with E-state index in [1.54, 1.807) is 54.6 Å². The maximum atomic E-state index is 11.9. The van der Waals surface area contributed by atoms with Crippen molar-refractivity contribution in [2.45, 2.75) is 0 Å². The van der Waals surface area contributed by atoms with Gasteiger partial charge in [0.2, 0.25) is 0 Å². The van der Waals surface area contributed by atoms with Gasteiger partial charge in [0.15, 0.2) is 13.2 Å². The largest absolute Gasteiger partial charge is 0.495 e. The minimum absolute atomic E-state index is 0.0293. The summed E-state index contributed by atoms with van der Waals surface area (Å²) < 4.78 is 15.2. The number of rotatable bonds is 8. The number of carbonyl (C=O) groups excluding carboxylic acids is 2. The number of nitriles is 1. The molecule has 7 nitrogen and oxygen atoms in total. The number of anilines is 1. The molecule has 0 bridgehead atoms. The second kappa shape index (κ2) is 10.3. The highest BCUT2D eigenvalue weighted by molar-refractivity contribution is 5.95. The molecule has 0 spiro atoms. The maximum absolute atomic E-state index is 11.9. The summed E-state index contributed by atoms with van der Waals surface area (Å²) in [7, 11) is 1.50. The Morgan fingerprint density at radius 1 is 1.15 bits per heavy atom. The Balaban J connectivity index is 1.80. The molecule has 2 rings (SSSR count). The first kappa shape index (κ1) is 19.5. The molecule has 0 fully saturated rings. The van der Waals surface area contributed by atoms with Gasteiger partial charge in [-0.1, -0.05) is 24.3 Å². The molecule has 0 aliphatic carbocycles. The summed E-state index contributed by atoms with van der Waals surface area (Å²) in [6.07, 6.45) is 2.77. The molecule has 0 radical (unpaired) electrons. The molecule has 1 amide bonds. The van der Waals surface area contributed by atoms with Gasteiger partial charge in [0, 0.05) is 6.08 Å². The van der Waals surface area contributed by atoms with E-state index >= 15 is 0 Å². The van der Waals surface area contributed by atoms with Crippen molar-refractivity contribution in [1.29, 1.82) is 5.26 Å². The predicted molar refractivity (Wildman–Crippen MR) is 99.2 cm³/mol. The molecule has 1 N–H and O–H groups in total. The number of methoxy groups -OCH3 is 1. The van der Waals surface area contributed by atoms with E-state index in [-0.39, 0.29) is 6.61 Å². The van der Waals surface area contributed by atoms with Crippen LogP contribution in [0.5, 0.6) is 11.5 Å². The van der Waals surface area contributed by atoms with Crippen molar-refractivity contribution >= 4 is 23.6 Å². The normalized spacial score (nSPS) is 10.1. The molecular weight excluding hydrogens is 348 g/mol. The third kappa shape index (κ3) is 6.55. The maximum Gasteiger partial charge on any atom is 0.331 e. The lowest BCUT2D eigenvalue weighted by atomic mass is 10.2. The van der Waals surface area contributed by atoms with Gasteiger partial charge in [-0.3, -0.25) is 4.79 Å². The van der Waals surface area contributed by atoms with Crippen LogP contribution in [-0.4, -0.2) is 32.2 Å². The fourth-order valence-electron chi connectivity index (χ4n) is 2.07. The highest BCUT2D eigenvalue weighted by Gasteiger charge is 2.08. The van der Waals surface area contributed by atoms with E-state index in [9.17, 15) is 9.59 Å². The van der Waals surface area contributed by atoms with Crippen molar-refractivity contribution in [2.75, 3.05) is 25.6 Å². The molecule has 0 saturated carbocycles. The first-order valence-electron chi connectivity index (χ1n) is 8.00. The van der Waals surface area contributed by atoms with Gasteiger partial charge < -0.3 is 19.5 Å². The fourth-order valence-corrected chi connectivity index (χ4v) is 2.07. The van der Waals surface area contributed by atoms with Crippen molar-refractivity contribution in [3.63, 3.8) is 0 Å². The van der Waals surface area contributed by atoms with Gasteiger partial charge in [-0.2, -0.15) is 5.26 Å². The lowest BCUT2D eigenvalue weighted by molar-refractivity contribution is -0.142. The van der Waals surface area contributed by atoms with E-state index in [0.717, 1.165) is 5.56 Å². The standard InChI is InChI=1S/C20H18N2O5/c1-25-18-5-3-2-4-17(18)22-19(23)14-27-20(24)11-8-15-6-9-16(10-7-15)26-13-12-21/h2-11H,13-14H2,1H3,(H,22,23)/b11-8+. The predicted octanol–water partition coefficient (Wildman–Crippen LogP) is 2.79. The molecule has 7 heteroatoms. The van der Waals surface area contributed by atoms with Crippen molar-refractivity contribution in [1.82, 2.24) is 0 Å². The van der Waals surface area contributed by atoms with Gasteiger partial charge in [-0.05, 0) is 35.9 Å². The Bertz CT molecular complexity index is 853. The Morgan fingerprint density at radius 2 is 1.89 bits per heavy atom. The second-order valence-corrected chi connectivity index (χ2v) is 5.21. The lowest BCUT2D eigenvalue weighted by Gasteiger charge is -2.09. The van der Waals surface area contributed by atoms with Gasteiger partial charge in [-0.15, -0.1) is 0 Å². The average molecular weight is 366 g/mol. The Labute approximate surface area is 156 Å². The summed E-state index contributed by atoms with van der Waals surface area (Å²) in [5.41, 5.74) is 1.24. The molecule has 0 heterocycles. The third-order valence-corrected chi connectivity index (χ3v) is 3.32. The number of hydrogen-bond acceptors (Lipinski definition) is 6. The van der Waals surface area contributed by atoms with E-state index in [1.807, 2.05) is 6.07 Å². The van der Waals surface area contributed by atoms with Crippen LogP contribution in [0.4, 0.5) is 5.69 Å². The number of para-hydroxylation sites is 2. The number of benzene rings is 2. The van der Waals surface area contributed by atoms with Crippen LogP contribution in [0.15, 0.2) is 54.6 Å². The molecule has 2 aromatic carbocycles. The van der Waals surface area contributed by atoms with Gasteiger partial charge in [0.25, 0.3) is 5.91 Å². The Hall–Kier alpha value is -3.79. The van der Waals surface area contributed by atoms with Crippen molar-refractivity contribution in [3.05, 3.63) is 60.2 Å². The van der Waals surface area contributed by atoms with Gasteiger partial charge in [0.05, 0.1) is 12.8 Å². The number of nitrogens with zero attached hydrogens (tertiary/aromatic N) is 1. The molecule has 0 unspecified atom stereocenters. The molecule has 0 saturated heterocycles.